The minimum absolute atomic E-state index is 0.0331. The van der Waals surface area contributed by atoms with Crippen LogP contribution in [0.1, 0.15) is 23.7 Å². The first kappa shape index (κ1) is 20.7. The van der Waals surface area contributed by atoms with E-state index in [1.165, 1.54) is 6.92 Å². The van der Waals surface area contributed by atoms with Crippen molar-refractivity contribution in [2.45, 2.75) is 13.3 Å². The van der Waals surface area contributed by atoms with Crippen molar-refractivity contribution in [3.05, 3.63) is 72.6 Å². The van der Waals surface area contributed by atoms with Gasteiger partial charge < -0.3 is 10.2 Å². The SMILES string of the molecule is CC(=O)c1cccc(NC(=O)CCN(C)c2ncnc3sc(-c4ccccc4)cc23)c1. The average Bonchev–Trinajstić information content (AvgIpc) is 3.23. The summed E-state index contributed by atoms with van der Waals surface area (Å²) in [5.41, 5.74) is 2.34. The van der Waals surface area contributed by atoms with E-state index in [9.17, 15) is 9.59 Å². The number of hydrogen-bond donors (Lipinski definition) is 1. The number of thiophene rings is 1. The van der Waals surface area contributed by atoms with E-state index in [1.54, 1.807) is 41.9 Å². The van der Waals surface area contributed by atoms with Gasteiger partial charge >= 0.3 is 0 Å². The molecule has 0 atom stereocenters. The van der Waals surface area contributed by atoms with E-state index >= 15 is 0 Å². The molecule has 2 aromatic heterocycles. The number of carbonyl (C=O) groups is 2. The Morgan fingerprint density at radius 3 is 2.61 bits per heavy atom. The van der Waals surface area contributed by atoms with Crippen LogP contribution < -0.4 is 10.2 Å². The number of aromatic nitrogens is 2. The third-order valence-corrected chi connectivity index (χ3v) is 6.05. The summed E-state index contributed by atoms with van der Waals surface area (Å²) in [6.45, 7) is 2.01. The fourth-order valence-electron chi connectivity index (χ4n) is 3.31. The van der Waals surface area contributed by atoms with Crippen molar-refractivity contribution in [1.82, 2.24) is 9.97 Å². The first-order valence-corrected chi connectivity index (χ1v) is 10.7. The fraction of sp³-hybridized carbons (Fsp3) is 0.167. The second kappa shape index (κ2) is 9.06. The highest BCUT2D eigenvalue weighted by atomic mass is 32.1. The second-order valence-corrected chi connectivity index (χ2v) is 8.28. The Labute approximate surface area is 184 Å². The van der Waals surface area contributed by atoms with Gasteiger partial charge in [0, 0.05) is 36.1 Å². The first-order chi connectivity index (χ1) is 15.0. The Morgan fingerprint density at radius 1 is 1.03 bits per heavy atom. The van der Waals surface area contributed by atoms with Crippen LogP contribution in [0.5, 0.6) is 0 Å². The molecular formula is C24H22N4O2S. The van der Waals surface area contributed by atoms with Crippen molar-refractivity contribution in [2.75, 3.05) is 23.8 Å². The number of carbonyl (C=O) groups excluding carboxylic acids is 2. The maximum absolute atomic E-state index is 12.4. The molecule has 0 spiro atoms. The van der Waals surface area contributed by atoms with Gasteiger partial charge in [-0.25, -0.2) is 9.97 Å². The van der Waals surface area contributed by atoms with Gasteiger partial charge in [-0.3, -0.25) is 9.59 Å². The maximum atomic E-state index is 12.4. The van der Waals surface area contributed by atoms with Crippen LogP contribution >= 0.6 is 11.3 Å². The summed E-state index contributed by atoms with van der Waals surface area (Å²) >= 11 is 1.63. The highest BCUT2D eigenvalue weighted by Gasteiger charge is 2.14. The van der Waals surface area contributed by atoms with Gasteiger partial charge in [0.05, 0.1) is 5.39 Å². The van der Waals surface area contributed by atoms with E-state index in [4.69, 9.17) is 0 Å². The lowest BCUT2D eigenvalue weighted by molar-refractivity contribution is -0.116. The van der Waals surface area contributed by atoms with Crippen LogP contribution in [-0.2, 0) is 4.79 Å². The van der Waals surface area contributed by atoms with Crippen molar-refractivity contribution >= 4 is 44.7 Å². The van der Waals surface area contributed by atoms with E-state index in [0.717, 1.165) is 26.5 Å². The summed E-state index contributed by atoms with van der Waals surface area (Å²) in [6.07, 6.45) is 1.86. The molecule has 4 aromatic rings. The number of benzene rings is 2. The molecule has 2 aromatic carbocycles. The first-order valence-electron chi connectivity index (χ1n) is 9.93. The lowest BCUT2D eigenvalue weighted by Crippen LogP contribution is -2.24. The number of nitrogens with one attached hydrogen (secondary N) is 1. The molecule has 0 bridgehead atoms. The molecule has 7 heteroatoms. The summed E-state index contributed by atoms with van der Waals surface area (Å²) in [5.74, 6) is 0.650. The van der Waals surface area contributed by atoms with Crippen LogP contribution in [0, 0.1) is 0 Å². The Balaban J connectivity index is 1.45. The van der Waals surface area contributed by atoms with Gasteiger partial charge in [0.2, 0.25) is 5.91 Å². The van der Waals surface area contributed by atoms with Crippen molar-refractivity contribution in [2.24, 2.45) is 0 Å². The van der Waals surface area contributed by atoms with Crippen LogP contribution in [0.25, 0.3) is 20.7 Å². The normalized spacial score (nSPS) is 10.8. The summed E-state index contributed by atoms with van der Waals surface area (Å²) in [5, 5.41) is 3.83. The molecule has 156 valence electrons. The molecule has 2 heterocycles. The van der Waals surface area contributed by atoms with Crippen molar-refractivity contribution < 1.29 is 9.59 Å². The molecule has 6 nitrogen and oxygen atoms in total. The molecule has 0 aliphatic heterocycles. The monoisotopic (exact) mass is 430 g/mol. The lowest BCUT2D eigenvalue weighted by Gasteiger charge is -2.18. The number of amides is 1. The number of rotatable bonds is 7. The molecule has 4 rings (SSSR count). The van der Waals surface area contributed by atoms with Crippen LogP contribution in [0.4, 0.5) is 11.5 Å². The van der Waals surface area contributed by atoms with E-state index in [-0.39, 0.29) is 11.7 Å². The lowest BCUT2D eigenvalue weighted by atomic mass is 10.1. The van der Waals surface area contributed by atoms with Gasteiger partial charge in [-0.1, -0.05) is 42.5 Å². The van der Waals surface area contributed by atoms with Gasteiger partial charge in [-0.2, -0.15) is 0 Å². The smallest absolute Gasteiger partial charge is 0.226 e. The van der Waals surface area contributed by atoms with Crippen LogP contribution in [0.15, 0.2) is 67.0 Å². The van der Waals surface area contributed by atoms with Crippen LogP contribution in [0.3, 0.4) is 0 Å². The zero-order chi connectivity index (χ0) is 21.8. The zero-order valence-corrected chi connectivity index (χ0v) is 18.1. The van der Waals surface area contributed by atoms with Crippen LogP contribution in [-0.4, -0.2) is 35.3 Å². The molecule has 0 unspecified atom stereocenters. The highest BCUT2D eigenvalue weighted by molar-refractivity contribution is 7.21. The molecule has 1 amide bonds. The minimum atomic E-state index is -0.117. The Morgan fingerprint density at radius 2 is 1.84 bits per heavy atom. The van der Waals surface area contributed by atoms with Crippen molar-refractivity contribution in [3.8, 4) is 10.4 Å². The molecular weight excluding hydrogens is 408 g/mol. The summed E-state index contributed by atoms with van der Waals surface area (Å²) in [7, 11) is 1.92. The van der Waals surface area contributed by atoms with E-state index in [1.807, 2.05) is 30.1 Å². The number of anilines is 2. The summed E-state index contributed by atoms with van der Waals surface area (Å²) in [6, 6.07) is 19.2. The van der Waals surface area contributed by atoms with E-state index in [0.29, 0.717) is 24.2 Å². The predicted octanol–water partition coefficient (Wildman–Crippen LogP) is 5.03. The zero-order valence-electron chi connectivity index (χ0n) is 17.3. The number of nitrogens with zero attached hydrogens (tertiary/aromatic N) is 3. The molecule has 0 aliphatic rings. The molecule has 0 saturated heterocycles. The molecule has 0 saturated carbocycles. The molecule has 31 heavy (non-hydrogen) atoms. The third-order valence-electron chi connectivity index (χ3n) is 4.96. The average molecular weight is 431 g/mol. The quantitative estimate of drug-likeness (QED) is 0.417. The number of ketones is 1. The highest BCUT2D eigenvalue weighted by Crippen LogP contribution is 2.35. The van der Waals surface area contributed by atoms with Crippen molar-refractivity contribution in [1.29, 1.82) is 0 Å². The van der Waals surface area contributed by atoms with Gasteiger partial charge in [0.1, 0.15) is 17.0 Å². The Kier molecular flexibility index (Phi) is 6.04. The number of hydrogen-bond acceptors (Lipinski definition) is 6. The van der Waals surface area contributed by atoms with E-state index in [2.05, 4.69) is 33.5 Å². The van der Waals surface area contributed by atoms with Crippen molar-refractivity contribution in [3.63, 3.8) is 0 Å². The topological polar surface area (TPSA) is 75.2 Å². The summed E-state index contributed by atoms with van der Waals surface area (Å²) < 4.78 is 0. The number of Topliss-reactive ketones (excluding diaryl/α,β-unsaturated/α-hetero) is 1. The van der Waals surface area contributed by atoms with Gasteiger partial charge in [0.25, 0.3) is 0 Å². The fourth-order valence-corrected chi connectivity index (χ4v) is 4.31. The number of fused-ring (bicyclic) bond motifs is 1. The van der Waals surface area contributed by atoms with E-state index < -0.39 is 0 Å². The Bertz CT molecular complexity index is 1240. The molecule has 1 N–H and O–H groups in total. The van der Waals surface area contributed by atoms with Gasteiger partial charge in [0.15, 0.2) is 5.78 Å². The minimum Gasteiger partial charge on any atom is -0.359 e. The second-order valence-electron chi connectivity index (χ2n) is 7.25. The maximum Gasteiger partial charge on any atom is 0.226 e. The van der Waals surface area contributed by atoms with Gasteiger partial charge in [-0.05, 0) is 30.7 Å². The molecule has 0 fully saturated rings. The largest absolute Gasteiger partial charge is 0.359 e. The summed E-state index contributed by atoms with van der Waals surface area (Å²) in [4.78, 5) is 36.8. The molecule has 0 radical (unpaired) electrons. The Hall–Kier alpha value is -3.58. The van der Waals surface area contributed by atoms with Gasteiger partial charge in [-0.15, -0.1) is 11.3 Å². The van der Waals surface area contributed by atoms with Crippen LogP contribution in [0.2, 0.25) is 0 Å². The predicted molar refractivity (Wildman–Crippen MR) is 126 cm³/mol. The third kappa shape index (κ3) is 4.78. The molecule has 0 aliphatic carbocycles. The standard InChI is InChI=1S/C24H22N4O2S/c1-16(29)18-9-6-10-19(13-18)27-22(30)11-12-28(2)23-20-14-21(17-7-4-3-5-8-17)31-24(20)26-15-25-23/h3-10,13-15H,11-12H2,1-2H3,(H,27,30).